The van der Waals surface area contributed by atoms with Crippen LogP contribution in [0.15, 0.2) is 46.4 Å². The molecule has 1 amide bonds. The van der Waals surface area contributed by atoms with E-state index >= 15 is 0 Å². The van der Waals surface area contributed by atoms with E-state index in [0.717, 1.165) is 9.13 Å². The number of amides is 1. The Hall–Kier alpha value is -2.18. The fourth-order valence-corrected chi connectivity index (χ4v) is 5.10. The molecular weight excluding hydrogens is 569 g/mol. The Morgan fingerprint density at radius 3 is 2.35 bits per heavy atom. The molecule has 0 radical (unpaired) electrons. The maximum absolute atomic E-state index is 12.8. The molecule has 1 atom stereocenters. The highest BCUT2D eigenvalue weighted by Gasteiger charge is 2.26. The molecule has 0 aromatic heterocycles. The molecule has 0 fully saturated rings. The number of benzene rings is 2. The fourth-order valence-electron chi connectivity index (χ4n) is 3.11. The van der Waals surface area contributed by atoms with Crippen LogP contribution in [-0.4, -0.2) is 39.8 Å². The zero-order valence-corrected chi connectivity index (χ0v) is 23.1. The van der Waals surface area contributed by atoms with E-state index in [1.165, 1.54) is 18.3 Å². The van der Waals surface area contributed by atoms with E-state index in [0.29, 0.717) is 36.7 Å². The average Bonchev–Trinajstić information content (AvgIpc) is 2.75. The van der Waals surface area contributed by atoms with Crippen molar-refractivity contribution < 1.29 is 22.7 Å². The standard InChI is InChI=1S/C24H32IN3O5S/c1-6-32-22-14-18(13-20(25)23(22)33-7-2)15-26-27-24(29)21(12-16(3)4)28-34(30,31)19-10-8-17(5)9-11-19/h8-11,13-16,21,28H,6-7,12H2,1-5H3,(H,27,29)/b26-15-/t21-/m1/s1. The van der Waals surface area contributed by atoms with Crippen molar-refractivity contribution in [2.75, 3.05) is 13.2 Å². The third kappa shape index (κ3) is 8.24. The summed E-state index contributed by atoms with van der Waals surface area (Å²) in [5, 5.41) is 4.04. The van der Waals surface area contributed by atoms with E-state index in [9.17, 15) is 13.2 Å². The lowest BCUT2D eigenvalue weighted by Gasteiger charge is -2.19. The molecule has 2 rings (SSSR count). The first-order valence-electron chi connectivity index (χ1n) is 11.1. The fraction of sp³-hybridized carbons (Fsp3) is 0.417. The molecule has 2 aromatic rings. The predicted octanol–water partition coefficient (Wildman–Crippen LogP) is 4.24. The first kappa shape index (κ1) is 28.1. The van der Waals surface area contributed by atoms with Crippen molar-refractivity contribution in [1.82, 2.24) is 10.1 Å². The zero-order chi connectivity index (χ0) is 25.3. The Balaban J connectivity index is 2.17. The Bertz CT molecular complexity index is 1100. The van der Waals surface area contributed by atoms with E-state index in [2.05, 4.69) is 37.8 Å². The van der Waals surface area contributed by atoms with Crippen molar-refractivity contribution in [3.63, 3.8) is 0 Å². The molecule has 34 heavy (non-hydrogen) atoms. The number of ether oxygens (including phenoxy) is 2. The maximum atomic E-state index is 12.8. The van der Waals surface area contributed by atoms with Gasteiger partial charge < -0.3 is 9.47 Å². The first-order chi connectivity index (χ1) is 16.1. The van der Waals surface area contributed by atoms with Crippen LogP contribution >= 0.6 is 22.6 Å². The van der Waals surface area contributed by atoms with E-state index in [-0.39, 0.29) is 10.8 Å². The molecule has 0 bridgehead atoms. The molecule has 186 valence electrons. The molecule has 0 saturated carbocycles. The summed E-state index contributed by atoms with van der Waals surface area (Å²) in [6, 6.07) is 9.12. The number of carbonyl (C=O) groups excluding carboxylic acids is 1. The highest BCUT2D eigenvalue weighted by molar-refractivity contribution is 14.1. The summed E-state index contributed by atoms with van der Waals surface area (Å²) in [5.74, 6) is 0.800. The Morgan fingerprint density at radius 2 is 1.76 bits per heavy atom. The first-order valence-corrected chi connectivity index (χ1v) is 13.6. The van der Waals surface area contributed by atoms with Gasteiger partial charge in [-0.3, -0.25) is 4.79 Å². The Labute approximate surface area is 215 Å². The quantitative estimate of drug-likeness (QED) is 0.215. The van der Waals surface area contributed by atoms with Crippen LogP contribution in [-0.2, 0) is 14.8 Å². The van der Waals surface area contributed by atoms with Gasteiger partial charge in [0, 0.05) is 0 Å². The third-order valence-corrected chi connectivity index (χ3v) is 6.95. The number of nitrogens with zero attached hydrogens (tertiary/aromatic N) is 1. The molecule has 10 heteroatoms. The van der Waals surface area contributed by atoms with Gasteiger partial charge in [0.2, 0.25) is 10.0 Å². The van der Waals surface area contributed by atoms with Gasteiger partial charge in [0.25, 0.3) is 5.91 Å². The smallest absolute Gasteiger partial charge is 0.258 e. The molecule has 2 N–H and O–H groups in total. The second kappa shape index (κ2) is 13.1. The van der Waals surface area contributed by atoms with Crippen LogP contribution in [0.25, 0.3) is 0 Å². The number of sulfonamides is 1. The molecule has 0 aliphatic carbocycles. The van der Waals surface area contributed by atoms with E-state index in [4.69, 9.17) is 9.47 Å². The van der Waals surface area contributed by atoms with E-state index in [1.54, 1.807) is 18.2 Å². The van der Waals surface area contributed by atoms with Gasteiger partial charge in [-0.2, -0.15) is 9.82 Å². The summed E-state index contributed by atoms with van der Waals surface area (Å²) in [7, 11) is -3.87. The third-order valence-electron chi connectivity index (χ3n) is 4.66. The highest BCUT2D eigenvalue weighted by Crippen LogP contribution is 2.33. The molecule has 0 spiro atoms. The van der Waals surface area contributed by atoms with Gasteiger partial charge in [-0.25, -0.2) is 13.8 Å². The summed E-state index contributed by atoms with van der Waals surface area (Å²) in [6.07, 6.45) is 1.81. The Kier molecular flexibility index (Phi) is 10.8. The van der Waals surface area contributed by atoms with Crippen LogP contribution < -0.4 is 19.6 Å². The topological polar surface area (TPSA) is 106 Å². The number of aryl methyl sites for hydroxylation is 1. The molecule has 0 aliphatic rings. The van der Waals surface area contributed by atoms with E-state index < -0.39 is 22.0 Å². The van der Waals surface area contributed by atoms with Crippen LogP contribution in [0.1, 0.15) is 45.2 Å². The van der Waals surface area contributed by atoms with Crippen LogP contribution in [0, 0.1) is 16.4 Å². The lowest BCUT2D eigenvalue weighted by atomic mass is 10.0. The number of carbonyl (C=O) groups is 1. The van der Waals surface area contributed by atoms with Crippen LogP contribution in [0.3, 0.4) is 0 Å². The van der Waals surface area contributed by atoms with Gasteiger partial charge in [0.15, 0.2) is 11.5 Å². The number of hydrogen-bond donors (Lipinski definition) is 2. The lowest BCUT2D eigenvalue weighted by molar-refractivity contribution is -0.123. The van der Waals surface area contributed by atoms with Crippen molar-refractivity contribution >= 4 is 44.7 Å². The number of hydrazone groups is 1. The van der Waals surface area contributed by atoms with Crippen LogP contribution in [0.5, 0.6) is 11.5 Å². The van der Waals surface area contributed by atoms with Gasteiger partial charge >= 0.3 is 0 Å². The van der Waals surface area contributed by atoms with Gasteiger partial charge in [-0.1, -0.05) is 31.5 Å². The second-order valence-corrected chi connectivity index (χ2v) is 10.9. The van der Waals surface area contributed by atoms with Crippen LogP contribution in [0.4, 0.5) is 0 Å². The minimum absolute atomic E-state index is 0.0851. The van der Waals surface area contributed by atoms with Gasteiger partial charge in [-0.05, 0) is 85.5 Å². The predicted molar refractivity (Wildman–Crippen MR) is 142 cm³/mol. The van der Waals surface area contributed by atoms with Crippen LogP contribution in [0.2, 0.25) is 0 Å². The van der Waals surface area contributed by atoms with Gasteiger partial charge in [0.1, 0.15) is 6.04 Å². The average molecular weight is 602 g/mol. The van der Waals surface area contributed by atoms with Gasteiger partial charge in [-0.15, -0.1) is 0 Å². The summed E-state index contributed by atoms with van der Waals surface area (Å²) in [5.41, 5.74) is 4.11. The molecule has 2 aromatic carbocycles. The molecule has 0 heterocycles. The van der Waals surface area contributed by atoms with Crippen molar-refractivity contribution in [2.45, 2.75) is 52.0 Å². The van der Waals surface area contributed by atoms with E-state index in [1.807, 2.05) is 40.7 Å². The second-order valence-electron chi connectivity index (χ2n) is 8.05. The van der Waals surface area contributed by atoms with Crippen molar-refractivity contribution in [3.8, 4) is 11.5 Å². The summed E-state index contributed by atoms with van der Waals surface area (Å²) < 4.78 is 40.3. The Morgan fingerprint density at radius 1 is 1.12 bits per heavy atom. The van der Waals surface area contributed by atoms with Crippen molar-refractivity contribution in [2.24, 2.45) is 11.0 Å². The largest absolute Gasteiger partial charge is 0.490 e. The zero-order valence-electron chi connectivity index (χ0n) is 20.1. The number of rotatable bonds is 12. The molecule has 0 aliphatic heterocycles. The van der Waals surface area contributed by atoms with Crippen molar-refractivity contribution in [1.29, 1.82) is 0 Å². The summed E-state index contributed by atoms with van der Waals surface area (Å²) in [6.45, 7) is 10.5. The monoisotopic (exact) mass is 601 g/mol. The molecule has 0 saturated heterocycles. The minimum Gasteiger partial charge on any atom is -0.490 e. The normalized spacial score (nSPS) is 12.7. The molecule has 0 unspecified atom stereocenters. The number of halogens is 1. The highest BCUT2D eigenvalue weighted by atomic mass is 127. The van der Waals surface area contributed by atoms with Gasteiger partial charge in [0.05, 0.1) is 27.9 Å². The number of hydrogen-bond acceptors (Lipinski definition) is 6. The molecule has 8 nitrogen and oxygen atoms in total. The van der Waals surface area contributed by atoms with Crippen molar-refractivity contribution in [3.05, 3.63) is 51.1 Å². The maximum Gasteiger partial charge on any atom is 0.258 e. The lowest BCUT2D eigenvalue weighted by Crippen LogP contribution is -2.46. The SMILES string of the molecule is CCOc1cc(/C=N\NC(=O)[C@@H](CC(C)C)NS(=O)(=O)c2ccc(C)cc2)cc(I)c1OCC. The summed E-state index contributed by atoms with van der Waals surface area (Å²) in [4.78, 5) is 12.9. The molecular formula is C24H32IN3O5S. The summed E-state index contributed by atoms with van der Waals surface area (Å²) >= 11 is 2.16. The minimum atomic E-state index is -3.87. The number of nitrogens with one attached hydrogen (secondary N) is 2.